The Balaban J connectivity index is 0.00000150. The first-order valence-corrected chi connectivity index (χ1v) is 9.63. The average molecular weight is 455 g/mol. The first-order valence-electron chi connectivity index (χ1n) is 9.63. The summed E-state index contributed by atoms with van der Waals surface area (Å²) < 4.78 is 7.71. The van der Waals surface area contributed by atoms with Crippen LogP contribution in [0.25, 0.3) is 10.8 Å². The normalized spacial score (nSPS) is 18.3. The largest absolute Gasteiger partial charge is 1.00 e. The van der Waals surface area contributed by atoms with Crippen molar-refractivity contribution in [3.05, 3.63) is 64.7 Å². The molecule has 4 N–H and O–H groups in total. The number of aromatic nitrogens is 3. The molecule has 3 aromatic rings. The molecule has 2 unspecified atom stereocenters. The molecule has 0 saturated carbocycles. The van der Waals surface area contributed by atoms with Gasteiger partial charge in [0.05, 0.1) is 37.0 Å². The lowest BCUT2D eigenvalue weighted by Gasteiger charge is -2.18. The van der Waals surface area contributed by atoms with E-state index in [1.807, 2.05) is 48.7 Å². The molecule has 0 radical (unpaired) electrons. The first-order chi connectivity index (χ1) is 13.2. The van der Waals surface area contributed by atoms with E-state index in [2.05, 4.69) is 17.1 Å². The number of aromatic amines is 1. The first kappa shape index (κ1) is 25.8. The lowest BCUT2D eigenvalue weighted by Crippen LogP contribution is -3.08. The van der Waals surface area contributed by atoms with E-state index in [0.717, 1.165) is 43.4 Å². The molecular weight excluding hydrogens is 427 g/mol. The zero-order valence-electron chi connectivity index (χ0n) is 16.9. The van der Waals surface area contributed by atoms with Crippen LogP contribution in [0.1, 0.15) is 31.0 Å². The van der Waals surface area contributed by atoms with Crippen LogP contribution in [0.4, 0.5) is 0 Å². The Morgan fingerprint density at radius 3 is 2.57 bits per heavy atom. The van der Waals surface area contributed by atoms with Gasteiger partial charge < -0.3 is 39.9 Å². The van der Waals surface area contributed by atoms with Gasteiger partial charge in [-0.15, -0.1) is 5.10 Å². The van der Waals surface area contributed by atoms with E-state index in [9.17, 15) is 4.79 Å². The summed E-state index contributed by atoms with van der Waals surface area (Å²) in [5, 5.41) is 6.10. The number of rotatable bonds is 4. The SMILES string of the molecule is C[NH+]1CCCC(n2nc(OCc3cccc[nH+]3)c3ccccc3c2=O)CC1.O.[Cl-].[Cl-]. The molecule has 1 saturated heterocycles. The summed E-state index contributed by atoms with van der Waals surface area (Å²) in [6.45, 7) is 2.58. The van der Waals surface area contributed by atoms with Gasteiger partial charge in [0.2, 0.25) is 11.6 Å². The van der Waals surface area contributed by atoms with Crippen LogP contribution < -0.4 is 45.0 Å². The maximum atomic E-state index is 13.1. The minimum absolute atomic E-state index is 0. The van der Waals surface area contributed by atoms with Crippen molar-refractivity contribution in [2.24, 2.45) is 0 Å². The molecule has 164 valence electrons. The summed E-state index contributed by atoms with van der Waals surface area (Å²) in [7, 11) is 2.21. The second-order valence-corrected chi connectivity index (χ2v) is 7.32. The van der Waals surface area contributed by atoms with Crippen LogP contribution in [-0.2, 0) is 6.61 Å². The molecule has 1 aliphatic heterocycles. The van der Waals surface area contributed by atoms with Crippen molar-refractivity contribution in [2.75, 3.05) is 20.1 Å². The van der Waals surface area contributed by atoms with Gasteiger partial charge in [0.25, 0.3) is 5.56 Å². The monoisotopic (exact) mass is 454 g/mol. The number of H-pyrrole nitrogens is 1. The van der Waals surface area contributed by atoms with Gasteiger partial charge in [0, 0.05) is 18.6 Å². The molecule has 2 atom stereocenters. The number of hydrogen-bond acceptors (Lipinski definition) is 3. The highest BCUT2D eigenvalue weighted by molar-refractivity contribution is 5.85. The molecule has 1 fully saturated rings. The maximum Gasteiger partial charge on any atom is 0.275 e. The van der Waals surface area contributed by atoms with Gasteiger partial charge in [-0.1, -0.05) is 12.1 Å². The molecule has 4 rings (SSSR count). The van der Waals surface area contributed by atoms with Crippen molar-refractivity contribution in [2.45, 2.75) is 31.9 Å². The number of fused-ring (bicyclic) bond motifs is 1. The van der Waals surface area contributed by atoms with Crippen LogP contribution in [-0.4, -0.2) is 35.4 Å². The van der Waals surface area contributed by atoms with Gasteiger partial charge in [-0.25, -0.2) is 9.67 Å². The fourth-order valence-electron chi connectivity index (χ4n) is 3.76. The molecule has 1 aromatic carbocycles. The van der Waals surface area contributed by atoms with Gasteiger partial charge in [0.1, 0.15) is 0 Å². The van der Waals surface area contributed by atoms with Crippen molar-refractivity contribution in [3.8, 4) is 5.88 Å². The summed E-state index contributed by atoms with van der Waals surface area (Å²) in [5.41, 5.74) is 0.939. The number of benzene rings is 1. The van der Waals surface area contributed by atoms with Crippen LogP contribution in [0.3, 0.4) is 0 Å². The van der Waals surface area contributed by atoms with Crippen LogP contribution in [0.15, 0.2) is 53.5 Å². The highest BCUT2D eigenvalue weighted by Gasteiger charge is 2.23. The number of halogens is 2. The topological polar surface area (TPSA) is 94.2 Å². The second-order valence-electron chi connectivity index (χ2n) is 7.32. The summed E-state index contributed by atoms with van der Waals surface area (Å²) in [6.07, 6.45) is 4.92. The lowest BCUT2D eigenvalue weighted by atomic mass is 10.1. The molecule has 0 bridgehead atoms. The summed E-state index contributed by atoms with van der Waals surface area (Å²) in [6, 6.07) is 13.6. The number of likely N-dealkylation sites (tertiary alicyclic amines) is 1. The Morgan fingerprint density at radius 1 is 1.10 bits per heavy atom. The molecule has 2 aromatic heterocycles. The second kappa shape index (κ2) is 11.9. The Labute approximate surface area is 188 Å². The smallest absolute Gasteiger partial charge is 0.275 e. The van der Waals surface area contributed by atoms with E-state index in [4.69, 9.17) is 4.74 Å². The predicted octanol–water partition coefficient (Wildman–Crippen LogP) is -5.79. The van der Waals surface area contributed by atoms with Crippen LogP contribution in [0.5, 0.6) is 5.88 Å². The number of hydrogen-bond donors (Lipinski definition) is 1. The predicted molar refractivity (Wildman–Crippen MR) is 106 cm³/mol. The summed E-state index contributed by atoms with van der Waals surface area (Å²) in [4.78, 5) is 17.8. The lowest BCUT2D eigenvalue weighted by molar-refractivity contribution is -0.878. The third-order valence-corrected chi connectivity index (χ3v) is 5.32. The zero-order valence-corrected chi connectivity index (χ0v) is 18.4. The van der Waals surface area contributed by atoms with Crippen molar-refractivity contribution in [1.29, 1.82) is 0 Å². The minimum Gasteiger partial charge on any atom is -1.00 e. The number of quaternary nitrogens is 1. The Morgan fingerprint density at radius 2 is 1.83 bits per heavy atom. The van der Waals surface area contributed by atoms with E-state index < -0.39 is 0 Å². The maximum absolute atomic E-state index is 13.1. The molecule has 0 aliphatic carbocycles. The van der Waals surface area contributed by atoms with E-state index in [0.29, 0.717) is 17.9 Å². The number of ether oxygens (including phenoxy) is 1. The molecule has 7 nitrogen and oxygen atoms in total. The highest BCUT2D eigenvalue weighted by atomic mass is 35.5. The van der Waals surface area contributed by atoms with Crippen LogP contribution in [0.2, 0.25) is 0 Å². The number of pyridine rings is 1. The van der Waals surface area contributed by atoms with Gasteiger partial charge in [0.15, 0.2) is 12.8 Å². The average Bonchev–Trinajstić information content (AvgIpc) is 2.93. The van der Waals surface area contributed by atoms with Gasteiger partial charge in [-0.2, -0.15) is 0 Å². The van der Waals surface area contributed by atoms with Crippen molar-refractivity contribution < 1.29 is 44.9 Å². The number of nitrogens with one attached hydrogen (secondary N) is 2. The van der Waals surface area contributed by atoms with Gasteiger partial charge >= 0.3 is 0 Å². The number of nitrogens with zero attached hydrogens (tertiary/aromatic N) is 2. The summed E-state index contributed by atoms with van der Waals surface area (Å²) >= 11 is 0. The van der Waals surface area contributed by atoms with Crippen LogP contribution in [0, 0.1) is 0 Å². The third-order valence-electron chi connectivity index (χ3n) is 5.32. The van der Waals surface area contributed by atoms with Crippen LogP contribution >= 0.6 is 0 Å². The standard InChI is InChI=1S/C21H24N4O2.2ClH.H2O/c1-24-13-6-8-17(11-14-24)25-21(26)19-10-3-2-9-18(19)20(23-25)27-15-16-7-4-5-12-22-16;;;/h2-5,7,9-10,12,17H,6,8,11,13-15H2,1H3;2*1H;1H2. The van der Waals surface area contributed by atoms with E-state index in [1.165, 1.54) is 4.90 Å². The van der Waals surface area contributed by atoms with Crippen molar-refractivity contribution in [1.82, 2.24) is 9.78 Å². The Hall–Kier alpha value is -2.19. The molecule has 0 amide bonds. The zero-order chi connectivity index (χ0) is 18.6. The molecule has 30 heavy (non-hydrogen) atoms. The Kier molecular flexibility index (Phi) is 10.2. The minimum atomic E-state index is -0.0197. The highest BCUT2D eigenvalue weighted by Crippen LogP contribution is 2.24. The fourth-order valence-corrected chi connectivity index (χ4v) is 3.76. The van der Waals surface area contributed by atoms with Crippen molar-refractivity contribution >= 4 is 10.8 Å². The quantitative estimate of drug-likeness (QED) is 0.425. The third kappa shape index (κ3) is 5.70. The Bertz CT molecular complexity index is 985. The van der Waals surface area contributed by atoms with Gasteiger partial charge in [-0.3, -0.25) is 4.79 Å². The molecule has 1 aliphatic rings. The van der Waals surface area contributed by atoms with E-state index in [1.54, 1.807) is 4.68 Å². The molecular formula is C21H28Cl2N4O3. The fraction of sp³-hybridized carbons (Fsp3) is 0.381. The van der Waals surface area contributed by atoms with E-state index in [-0.39, 0.29) is 41.9 Å². The molecule has 0 spiro atoms. The molecule has 3 heterocycles. The summed E-state index contributed by atoms with van der Waals surface area (Å²) in [5.74, 6) is 0.521. The van der Waals surface area contributed by atoms with Crippen molar-refractivity contribution in [3.63, 3.8) is 0 Å². The van der Waals surface area contributed by atoms with Gasteiger partial charge in [-0.05, 0) is 31.0 Å². The molecule has 9 heteroatoms. The van der Waals surface area contributed by atoms with E-state index >= 15 is 0 Å².